The lowest BCUT2D eigenvalue weighted by atomic mass is 9.96. The molecule has 0 amide bonds. The van der Waals surface area contributed by atoms with Crippen LogP contribution in [0.15, 0.2) is 12.1 Å². The standard InChI is InChI=1S/C14H22O/c1-4-7-8-11-9-12(5-2)13(6-3)14(15)10-11/h9-10,15H,4-8H2,1-3H3. The minimum absolute atomic E-state index is 0.489. The van der Waals surface area contributed by atoms with Crippen molar-refractivity contribution in [2.24, 2.45) is 0 Å². The zero-order valence-electron chi connectivity index (χ0n) is 10.1. The Morgan fingerprint density at radius 2 is 1.80 bits per heavy atom. The topological polar surface area (TPSA) is 20.2 Å². The van der Waals surface area contributed by atoms with Gasteiger partial charge < -0.3 is 5.11 Å². The highest BCUT2D eigenvalue weighted by Gasteiger charge is 2.07. The molecule has 0 heterocycles. The van der Waals surface area contributed by atoms with Gasteiger partial charge in [-0.1, -0.05) is 33.3 Å². The highest BCUT2D eigenvalue weighted by Crippen LogP contribution is 2.25. The first-order chi connectivity index (χ1) is 7.22. The molecule has 1 aromatic carbocycles. The molecule has 0 aliphatic heterocycles. The largest absolute Gasteiger partial charge is 0.508 e. The summed E-state index contributed by atoms with van der Waals surface area (Å²) in [6.45, 7) is 6.44. The Kier molecular flexibility index (Phi) is 4.67. The van der Waals surface area contributed by atoms with Crippen molar-refractivity contribution in [1.29, 1.82) is 0 Å². The lowest BCUT2D eigenvalue weighted by Crippen LogP contribution is -1.95. The molecule has 15 heavy (non-hydrogen) atoms. The molecule has 1 aromatic rings. The van der Waals surface area contributed by atoms with Crippen molar-refractivity contribution in [3.05, 3.63) is 28.8 Å². The summed E-state index contributed by atoms with van der Waals surface area (Å²) in [5.74, 6) is 0.489. The van der Waals surface area contributed by atoms with Gasteiger partial charge in [0.25, 0.3) is 0 Å². The molecule has 0 aliphatic rings. The average molecular weight is 206 g/mol. The van der Waals surface area contributed by atoms with E-state index < -0.39 is 0 Å². The molecule has 0 unspecified atom stereocenters. The highest BCUT2D eigenvalue weighted by atomic mass is 16.3. The van der Waals surface area contributed by atoms with E-state index in [9.17, 15) is 5.11 Å². The van der Waals surface area contributed by atoms with E-state index in [2.05, 4.69) is 26.8 Å². The molecule has 0 bridgehead atoms. The number of rotatable bonds is 5. The van der Waals surface area contributed by atoms with Gasteiger partial charge in [-0.15, -0.1) is 0 Å². The first kappa shape index (κ1) is 12.1. The zero-order valence-corrected chi connectivity index (χ0v) is 10.1. The molecule has 0 spiro atoms. The molecule has 0 aromatic heterocycles. The number of hydrogen-bond acceptors (Lipinski definition) is 1. The number of phenolic OH excluding ortho intramolecular Hbond substituents is 1. The van der Waals surface area contributed by atoms with Crippen molar-refractivity contribution in [2.75, 3.05) is 0 Å². The Balaban J connectivity index is 2.97. The Morgan fingerprint density at radius 1 is 1.07 bits per heavy atom. The van der Waals surface area contributed by atoms with Gasteiger partial charge in [-0.2, -0.15) is 0 Å². The highest BCUT2D eigenvalue weighted by molar-refractivity contribution is 5.43. The fourth-order valence-electron chi connectivity index (χ4n) is 2.03. The molecule has 0 aliphatic carbocycles. The van der Waals surface area contributed by atoms with Crippen LogP contribution in [0.25, 0.3) is 0 Å². The van der Waals surface area contributed by atoms with E-state index in [1.54, 1.807) is 0 Å². The van der Waals surface area contributed by atoms with Crippen LogP contribution in [0.3, 0.4) is 0 Å². The molecule has 0 radical (unpaired) electrons. The average Bonchev–Trinajstić information content (AvgIpc) is 2.25. The van der Waals surface area contributed by atoms with E-state index in [4.69, 9.17) is 0 Å². The van der Waals surface area contributed by atoms with Crippen LogP contribution in [0.1, 0.15) is 50.3 Å². The van der Waals surface area contributed by atoms with E-state index in [0.717, 1.165) is 24.8 Å². The van der Waals surface area contributed by atoms with Gasteiger partial charge in [0.15, 0.2) is 0 Å². The molecular formula is C14H22O. The van der Waals surface area contributed by atoms with Gasteiger partial charge in [0.05, 0.1) is 0 Å². The molecule has 1 heteroatoms. The molecule has 0 fully saturated rings. The third-order valence-corrected chi connectivity index (χ3v) is 2.93. The normalized spacial score (nSPS) is 10.6. The quantitative estimate of drug-likeness (QED) is 0.775. The molecule has 1 rings (SSSR count). The van der Waals surface area contributed by atoms with Crippen molar-refractivity contribution >= 4 is 0 Å². The molecule has 84 valence electrons. The molecule has 0 atom stereocenters. The summed E-state index contributed by atoms with van der Waals surface area (Å²) >= 11 is 0. The van der Waals surface area contributed by atoms with Gasteiger partial charge in [-0.25, -0.2) is 0 Å². The first-order valence-electron chi connectivity index (χ1n) is 6.06. The number of phenols is 1. The second-order valence-electron chi connectivity index (χ2n) is 4.06. The third-order valence-electron chi connectivity index (χ3n) is 2.93. The number of hydrogen-bond donors (Lipinski definition) is 1. The maximum absolute atomic E-state index is 9.90. The van der Waals surface area contributed by atoms with E-state index >= 15 is 0 Å². The molecule has 0 saturated carbocycles. The van der Waals surface area contributed by atoms with Crippen LogP contribution in [0, 0.1) is 0 Å². The van der Waals surface area contributed by atoms with Crippen molar-refractivity contribution in [3.8, 4) is 5.75 Å². The first-order valence-corrected chi connectivity index (χ1v) is 6.06. The minimum atomic E-state index is 0.489. The predicted molar refractivity (Wildman–Crippen MR) is 65.5 cm³/mol. The summed E-state index contributed by atoms with van der Waals surface area (Å²) in [5.41, 5.74) is 3.71. The number of aromatic hydroxyl groups is 1. The summed E-state index contributed by atoms with van der Waals surface area (Å²) in [4.78, 5) is 0. The summed E-state index contributed by atoms with van der Waals surface area (Å²) in [6.07, 6.45) is 5.42. The van der Waals surface area contributed by atoms with Crippen molar-refractivity contribution in [2.45, 2.75) is 52.9 Å². The van der Waals surface area contributed by atoms with Crippen molar-refractivity contribution in [3.63, 3.8) is 0 Å². The lowest BCUT2D eigenvalue weighted by Gasteiger charge is -2.11. The van der Waals surface area contributed by atoms with Crippen LogP contribution in [0.4, 0.5) is 0 Å². The van der Waals surface area contributed by atoms with Gasteiger partial charge in [-0.3, -0.25) is 0 Å². The van der Waals surface area contributed by atoms with Crippen molar-refractivity contribution < 1.29 is 5.11 Å². The van der Waals surface area contributed by atoms with E-state index in [0.29, 0.717) is 5.75 Å². The maximum Gasteiger partial charge on any atom is 0.119 e. The maximum atomic E-state index is 9.90. The fourth-order valence-corrected chi connectivity index (χ4v) is 2.03. The van der Waals surface area contributed by atoms with Gasteiger partial charge in [0.1, 0.15) is 5.75 Å². The second-order valence-corrected chi connectivity index (χ2v) is 4.06. The summed E-state index contributed by atoms with van der Waals surface area (Å²) in [5, 5.41) is 9.90. The van der Waals surface area contributed by atoms with Crippen LogP contribution in [-0.2, 0) is 19.3 Å². The zero-order chi connectivity index (χ0) is 11.3. The molecule has 0 saturated heterocycles. The molecular weight excluding hydrogens is 184 g/mol. The van der Waals surface area contributed by atoms with Gasteiger partial charge >= 0.3 is 0 Å². The van der Waals surface area contributed by atoms with E-state index in [-0.39, 0.29) is 0 Å². The molecule has 1 N–H and O–H groups in total. The van der Waals surface area contributed by atoms with Crippen LogP contribution in [-0.4, -0.2) is 5.11 Å². The number of aryl methyl sites for hydroxylation is 2. The SMILES string of the molecule is CCCCc1cc(O)c(CC)c(CC)c1. The second kappa shape index (κ2) is 5.79. The van der Waals surface area contributed by atoms with E-state index in [1.807, 2.05) is 6.07 Å². The Hall–Kier alpha value is -0.980. The van der Waals surface area contributed by atoms with Gasteiger partial charge in [-0.05, 0) is 48.4 Å². The summed E-state index contributed by atoms with van der Waals surface area (Å²) in [6, 6.07) is 4.20. The Morgan fingerprint density at radius 3 is 2.33 bits per heavy atom. The number of unbranched alkanes of at least 4 members (excludes halogenated alkanes) is 1. The lowest BCUT2D eigenvalue weighted by molar-refractivity contribution is 0.467. The predicted octanol–water partition coefficient (Wildman–Crippen LogP) is 3.86. The summed E-state index contributed by atoms with van der Waals surface area (Å²) < 4.78 is 0. The molecule has 1 nitrogen and oxygen atoms in total. The van der Waals surface area contributed by atoms with Gasteiger partial charge in [0.2, 0.25) is 0 Å². The van der Waals surface area contributed by atoms with Crippen LogP contribution in [0.5, 0.6) is 5.75 Å². The monoisotopic (exact) mass is 206 g/mol. The van der Waals surface area contributed by atoms with Gasteiger partial charge in [0, 0.05) is 0 Å². The Bertz CT molecular complexity index is 315. The fraction of sp³-hybridized carbons (Fsp3) is 0.571. The van der Waals surface area contributed by atoms with Crippen molar-refractivity contribution in [1.82, 2.24) is 0 Å². The minimum Gasteiger partial charge on any atom is -0.508 e. The number of benzene rings is 1. The Labute approximate surface area is 93.1 Å². The smallest absolute Gasteiger partial charge is 0.119 e. The third kappa shape index (κ3) is 2.98. The van der Waals surface area contributed by atoms with Crippen LogP contribution in [0.2, 0.25) is 0 Å². The van der Waals surface area contributed by atoms with E-state index in [1.165, 1.54) is 24.0 Å². The van der Waals surface area contributed by atoms with Crippen LogP contribution >= 0.6 is 0 Å². The van der Waals surface area contributed by atoms with Crippen LogP contribution < -0.4 is 0 Å². The summed E-state index contributed by atoms with van der Waals surface area (Å²) in [7, 11) is 0.